The van der Waals surface area contributed by atoms with Crippen molar-refractivity contribution in [2.75, 3.05) is 65.7 Å². The van der Waals surface area contributed by atoms with Crippen molar-refractivity contribution >= 4 is 23.6 Å². The normalized spacial score (nSPS) is 13.3. The van der Waals surface area contributed by atoms with Crippen molar-refractivity contribution in [1.82, 2.24) is 10.2 Å². The first-order valence-corrected chi connectivity index (χ1v) is 10.6. The van der Waals surface area contributed by atoms with E-state index in [0.717, 1.165) is 18.8 Å². The van der Waals surface area contributed by atoms with Crippen LogP contribution in [0.5, 0.6) is 0 Å². The van der Waals surface area contributed by atoms with Crippen molar-refractivity contribution in [3.05, 3.63) is 0 Å². The molecule has 0 spiro atoms. The summed E-state index contributed by atoms with van der Waals surface area (Å²) in [6.07, 6.45) is 3.22. The van der Waals surface area contributed by atoms with E-state index in [-0.39, 0.29) is 17.9 Å². The molecule has 2 unspecified atom stereocenters. The molecule has 0 radical (unpaired) electrons. The minimum Gasteiger partial charge on any atom is -0.379 e. The van der Waals surface area contributed by atoms with Crippen LogP contribution in [0.25, 0.3) is 0 Å². The molecule has 0 aromatic rings. The van der Waals surface area contributed by atoms with E-state index in [2.05, 4.69) is 5.32 Å². The summed E-state index contributed by atoms with van der Waals surface area (Å²) >= 11 is 1.75. The largest absolute Gasteiger partial charge is 0.379 e. The molecule has 1 N–H and O–H groups in total. The second-order valence-electron chi connectivity index (χ2n) is 6.22. The Morgan fingerprint density at radius 3 is 2.04 bits per heavy atom. The van der Waals surface area contributed by atoms with Gasteiger partial charge in [-0.1, -0.05) is 6.92 Å². The Morgan fingerprint density at radius 1 is 1.00 bits per heavy atom. The SMILES string of the molecule is CCC(C)NC(=O)C(CCOCCOCCOCCSC)C(=O)N(C)C. The van der Waals surface area contributed by atoms with Gasteiger partial charge in [0.15, 0.2) is 0 Å². The highest BCUT2D eigenvalue weighted by Crippen LogP contribution is 2.08. The third kappa shape index (κ3) is 12.5. The monoisotopic (exact) mass is 392 g/mol. The summed E-state index contributed by atoms with van der Waals surface area (Å²) in [4.78, 5) is 26.0. The van der Waals surface area contributed by atoms with Crippen LogP contribution in [0, 0.1) is 5.92 Å². The Kier molecular flexibility index (Phi) is 15.8. The van der Waals surface area contributed by atoms with Gasteiger partial charge in [0.2, 0.25) is 11.8 Å². The lowest BCUT2D eigenvalue weighted by Crippen LogP contribution is -2.44. The molecule has 0 aromatic carbocycles. The quantitative estimate of drug-likeness (QED) is 0.316. The molecule has 2 atom stereocenters. The molecule has 8 heteroatoms. The molecule has 0 saturated heterocycles. The highest BCUT2D eigenvalue weighted by atomic mass is 32.2. The maximum atomic E-state index is 12.3. The predicted molar refractivity (Wildman–Crippen MR) is 106 cm³/mol. The number of carbonyl (C=O) groups excluding carboxylic acids is 2. The zero-order chi connectivity index (χ0) is 19.8. The van der Waals surface area contributed by atoms with Gasteiger partial charge in [0.25, 0.3) is 0 Å². The molecule has 0 aliphatic rings. The molecule has 2 amide bonds. The minimum absolute atomic E-state index is 0.0485. The molecule has 26 heavy (non-hydrogen) atoms. The third-order valence-electron chi connectivity index (χ3n) is 3.78. The average Bonchev–Trinajstić information content (AvgIpc) is 2.61. The lowest BCUT2D eigenvalue weighted by atomic mass is 10.0. The summed E-state index contributed by atoms with van der Waals surface area (Å²) < 4.78 is 16.3. The van der Waals surface area contributed by atoms with Crippen molar-refractivity contribution in [2.45, 2.75) is 32.7 Å². The molecule has 0 aliphatic carbocycles. The van der Waals surface area contributed by atoms with Gasteiger partial charge in [-0.2, -0.15) is 11.8 Å². The van der Waals surface area contributed by atoms with Crippen LogP contribution in [0.3, 0.4) is 0 Å². The third-order valence-corrected chi connectivity index (χ3v) is 4.36. The zero-order valence-corrected chi connectivity index (χ0v) is 17.7. The summed E-state index contributed by atoms with van der Waals surface area (Å²) in [6.45, 7) is 7.01. The van der Waals surface area contributed by atoms with E-state index in [0.29, 0.717) is 39.5 Å². The Morgan fingerprint density at radius 2 is 1.54 bits per heavy atom. The molecule has 0 fully saturated rings. The summed E-state index contributed by atoms with van der Waals surface area (Å²) in [5.74, 6) is -0.168. The topological polar surface area (TPSA) is 77.1 Å². The van der Waals surface area contributed by atoms with Crippen molar-refractivity contribution < 1.29 is 23.8 Å². The fourth-order valence-corrected chi connectivity index (χ4v) is 2.29. The number of hydrogen-bond acceptors (Lipinski definition) is 6. The molecule has 0 aliphatic heterocycles. The van der Waals surface area contributed by atoms with E-state index in [1.807, 2.05) is 20.1 Å². The van der Waals surface area contributed by atoms with Gasteiger partial charge >= 0.3 is 0 Å². The number of rotatable bonds is 16. The van der Waals surface area contributed by atoms with Gasteiger partial charge in [0, 0.05) is 32.5 Å². The molecular formula is C18H36N2O5S. The van der Waals surface area contributed by atoms with Gasteiger partial charge < -0.3 is 24.4 Å². The fraction of sp³-hybridized carbons (Fsp3) is 0.889. The van der Waals surface area contributed by atoms with Gasteiger partial charge in [-0.05, 0) is 26.0 Å². The number of ether oxygens (including phenoxy) is 3. The van der Waals surface area contributed by atoms with Gasteiger partial charge in [0.1, 0.15) is 5.92 Å². The van der Waals surface area contributed by atoms with Crippen molar-refractivity contribution in [2.24, 2.45) is 5.92 Å². The van der Waals surface area contributed by atoms with Gasteiger partial charge in [-0.15, -0.1) is 0 Å². The molecule has 0 rings (SSSR count). The van der Waals surface area contributed by atoms with Crippen molar-refractivity contribution in [1.29, 1.82) is 0 Å². The zero-order valence-electron chi connectivity index (χ0n) is 16.9. The molecule has 0 aromatic heterocycles. The van der Waals surface area contributed by atoms with Gasteiger partial charge in [0.05, 0.1) is 33.0 Å². The minimum atomic E-state index is -0.718. The first kappa shape index (κ1) is 25.2. The predicted octanol–water partition coefficient (Wildman–Crippen LogP) is 1.41. The lowest BCUT2D eigenvalue weighted by Gasteiger charge is -2.22. The van der Waals surface area contributed by atoms with Crippen LogP contribution in [0.15, 0.2) is 0 Å². The fourth-order valence-electron chi connectivity index (χ4n) is 2.01. The number of nitrogens with zero attached hydrogens (tertiary/aromatic N) is 1. The summed E-state index contributed by atoms with van der Waals surface area (Å²) in [7, 11) is 3.31. The maximum Gasteiger partial charge on any atom is 0.234 e. The first-order chi connectivity index (χ1) is 12.4. The average molecular weight is 393 g/mol. The maximum absolute atomic E-state index is 12.3. The Labute approximate surface area is 162 Å². The van der Waals surface area contributed by atoms with E-state index < -0.39 is 5.92 Å². The number of nitrogens with one attached hydrogen (secondary N) is 1. The van der Waals surface area contributed by atoms with E-state index in [9.17, 15) is 9.59 Å². The van der Waals surface area contributed by atoms with E-state index in [1.54, 1.807) is 25.9 Å². The molecule has 7 nitrogen and oxygen atoms in total. The molecule has 0 heterocycles. The van der Waals surface area contributed by atoms with E-state index >= 15 is 0 Å². The van der Waals surface area contributed by atoms with Crippen LogP contribution < -0.4 is 5.32 Å². The second kappa shape index (κ2) is 16.4. The summed E-state index contributed by atoms with van der Waals surface area (Å²) in [6, 6.07) is 0.0485. The standard InChI is InChI=1S/C18H36N2O5S/c1-6-15(2)19-17(21)16(18(22)20(3)4)7-8-23-9-10-24-11-12-25-13-14-26-5/h15-16H,6-14H2,1-5H3,(H,19,21). The van der Waals surface area contributed by atoms with Crippen LogP contribution in [0.4, 0.5) is 0 Å². The van der Waals surface area contributed by atoms with Crippen molar-refractivity contribution in [3.8, 4) is 0 Å². The Hall–Kier alpha value is -0.830. The van der Waals surface area contributed by atoms with Crippen LogP contribution >= 0.6 is 11.8 Å². The smallest absolute Gasteiger partial charge is 0.234 e. The molecular weight excluding hydrogens is 356 g/mol. The van der Waals surface area contributed by atoms with E-state index in [4.69, 9.17) is 14.2 Å². The second-order valence-corrected chi connectivity index (χ2v) is 7.21. The summed E-state index contributed by atoms with van der Waals surface area (Å²) in [5, 5.41) is 2.87. The van der Waals surface area contributed by atoms with Crippen molar-refractivity contribution in [3.63, 3.8) is 0 Å². The highest BCUT2D eigenvalue weighted by molar-refractivity contribution is 7.98. The van der Waals surface area contributed by atoms with Crippen LogP contribution in [-0.2, 0) is 23.8 Å². The highest BCUT2D eigenvalue weighted by Gasteiger charge is 2.28. The number of carbonyl (C=O) groups is 2. The number of hydrogen-bond donors (Lipinski definition) is 1. The van der Waals surface area contributed by atoms with Crippen LogP contribution in [-0.4, -0.2) is 88.5 Å². The summed E-state index contributed by atoms with van der Waals surface area (Å²) in [5.41, 5.74) is 0. The van der Waals surface area contributed by atoms with Crippen LogP contribution in [0.1, 0.15) is 26.7 Å². The molecule has 0 bridgehead atoms. The Bertz CT molecular complexity index is 383. The molecule has 154 valence electrons. The number of thioether (sulfide) groups is 1. The lowest BCUT2D eigenvalue weighted by molar-refractivity contribution is -0.141. The Balaban J connectivity index is 3.96. The molecule has 0 saturated carbocycles. The van der Waals surface area contributed by atoms with Gasteiger partial charge in [-0.3, -0.25) is 9.59 Å². The first-order valence-electron chi connectivity index (χ1n) is 9.17. The van der Waals surface area contributed by atoms with E-state index in [1.165, 1.54) is 4.90 Å². The van der Waals surface area contributed by atoms with Crippen LogP contribution in [0.2, 0.25) is 0 Å². The van der Waals surface area contributed by atoms with Gasteiger partial charge in [-0.25, -0.2) is 0 Å². The number of amides is 2.